The molecule has 0 amide bonds. The van der Waals surface area contributed by atoms with Gasteiger partial charge in [0.05, 0.1) is 5.52 Å². The molecule has 4 heterocycles. The molecule has 128 valence electrons. The van der Waals surface area contributed by atoms with Gasteiger partial charge in [-0.2, -0.15) is 0 Å². The maximum Gasteiger partial charge on any atom is 0.156 e. The first kappa shape index (κ1) is 14.9. The number of likely N-dealkylation sites (tertiary alicyclic amines) is 1. The summed E-state index contributed by atoms with van der Waals surface area (Å²) in [5.41, 5.74) is 4.66. The minimum Gasteiger partial charge on any atom is -0.354 e. The largest absolute Gasteiger partial charge is 0.354 e. The third kappa shape index (κ3) is 2.68. The number of hydrogen-bond acceptors (Lipinski definition) is 4. The minimum atomic E-state index is 0.741. The van der Waals surface area contributed by atoms with E-state index in [-0.39, 0.29) is 0 Å². The van der Waals surface area contributed by atoms with E-state index < -0.39 is 0 Å². The molecule has 1 N–H and O–H groups in total. The van der Waals surface area contributed by atoms with Gasteiger partial charge in [-0.05, 0) is 30.4 Å². The van der Waals surface area contributed by atoms with Crippen molar-refractivity contribution in [3.8, 4) is 0 Å². The first-order valence-corrected chi connectivity index (χ1v) is 9.08. The lowest BCUT2D eigenvalue weighted by atomic mass is 10.0. The molecule has 5 heteroatoms. The number of H-pyrrole nitrogens is 1. The first-order chi connectivity index (χ1) is 12.3. The predicted molar refractivity (Wildman–Crippen MR) is 99.5 cm³/mol. The quantitative estimate of drug-likeness (QED) is 0.801. The average molecular weight is 333 g/mol. The van der Waals surface area contributed by atoms with Gasteiger partial charge in [0.15, 0.2) is 5.82 Å². The van der Waals surface area contributed by atoms with E-state index in [0.29, 0.717) is 0 Å². The second-order valence-corrected chi connectivity index (χ2v) is 7.51. The summed E-state index contributed by atoms with van der Waals surface area (Å²) in [5.74, 6) is 2.55. The van der Waals surface area contributed by atoms with Crippen molar-refractivity contribution in [1.82, 2.24) is 19.9 Å². The summed E-state index contributed by atoms with van der Waals surface area (Å²) in [6.07, 6.45) is 1.70. The highest BCUT2D eigenvalue weighted by Crippen LogP contribution is 2.35. The Kier molecular flexibility index (Phi) is 3.48. The second kappa shape index (κ2) is 5.85. The number of nitrogens with one attached hydrogen (secondary N) is 1. The van der Waals surface area contributed by atoms with Gasteiger partial charge in [-0.1, -0.05) is 30.3 Å². The number of anilines is 1. The number of benzene rings is 1. The highest BCUT2D eigenvalue weighted by molar-refractivity contribution is 5.86. The van der Waals surface area contributed by atoms with Crippen LogP contribution in [-0.4, -0.2) is 46.0 Å². The summed E-state index contributed by atoms with van der Waals surface area (Å²) >= 11 is 0. The van der Waals surface area contributed by atoms with Crippen LogP contribution in [0, 0.1) is 18.8 Å². The van der Waals surface area contributed by atoms with E-state index in [1.807, 2.05) is 0 Å². The molecule has 2 fully saturated rings. The maximum atomic E-state index is 4.59. The third-order valence-corrected chi connectivity index (χ3v) is 5.64. The molecule has 2 unspecified atom stereocenters. The number of aryl methyl sites for hydroxylation is 1. The smallest absolute Gasteiger partial charge is 0.156 e. The number of hydrogen-bond donors (Lipinski definition) is 1. The molecule has 0 aliphatic carbocycles. The topological polar surface area (TPSA) is 48.1 Å². The molecule has 2 atom stereocenters. The van der Waals surface area contributed by atoms with E-state index in [2.05, 4.69) is 68.1 Å². The average Bonchev–Trinajstić information content (AvgIpc) is 3.27. The number of nitrogens with zero attached hydrogens (tertiary/aromatic N) is 4. The van der Waals surface area contributed by atoms with Gasteiger partial charge in [0.2, 0.25) is 0 Å². The van der Waals surface area contributed by atoms with Crippen LogP contribution in [0.15, 0.2) is 42.7 Å². The number of fused-ring (bicyclic) bond motifs is 2. The Morgan fingerprint density at radius 1 is 1.04 bits per heavy atom. The van der Waals surface area contributed by atoms with Crippen molar-refractivity contribution in [2.24, 2.45) is 11.8 Å². The van der Waals surface area contributed by atoms with Crippen molar-refractivity contribution < 1.29 is 0 Å². The Bertz CT molecular complexity index is 873. The van der Waals surface area contributed by atoms with Gasteiger partial charge in [0.25, 0.3) is 0 Å². The van der Waals surface area contributed by atoms with E-state index in [1.54, 1.807) is 6.33 Å². The van der Waals surface area contributed by atoms with Gasteiger partial charge in [-0.25, -0.2) is 9.97 Å². The first-order valence-electron chi connectivity index (χ1n) is 9.08. The fourth-order valence-electron chi connectivity index (χ4n) is 4.53. The normalized spacial score (nSPS) is 23.5. The fraction of sp³-hybridized carbons (Fsp3) is 0.400. The maximum absolute atomic E-state index is 4.59. The standard InChI is InChI=1S/C20H23N5/c1-14-7-18-19(23-14)20(22-13-21-18)25-11-16-9-24(10-17(16)12-25)8-15-5-3-2-4-6-15/h2-7,13,16-17,23H,8-12H2,1H3. The summed E-state index contributed by atoms with van der Waals surface area (Å²) in [5, 5.41) is 0. The molecule has 0 spiro atoms. The Morgan fingerprint density at radius 2 is 1.80 bits per heavy atom. The lowest BCUT2D eigenvalue weighted by Crippen LogP contribution is -2.29. The van der Waals surface area contributed by atoms with E-state index in [0.717, 1.165) is 54.0 Å². The van der Waals surface area contributed by atoms with Crippen LogP contribution in [-0.2, 0) is 6.54 Å². The zero-order valence-corrected chi connectivity index (χ0v) is 14.5. The molecule has 5 rings (SSSR count). The van der Waals surface area contributed by atoms with Crippen LogP contribution in [0.1, 0.15) is 11.3 Å². The molecule has 0 bridgehead atoms. The SMILES string of the molecule is Cc1cc2ncnc(N3CC4CN(Cc5ccccc5)CC4C3)c2[nH]1. The number of aromatic amines is 1. The summed E-state index contributed by atoms with van der Waals surface area (Å²) in [6.45, 7) is 7.72. The Morgan fingerprint density at radius 3 is 2.56 bits per heavy atom. The van der Waals surface area contributed by atoms with Gasteiger partial charge in [0, 0.05) is 38.4 Å². The molecule has 0 radical (unpaired) electrons. The minimum absolute atomic E-state index is 0.741. The Labute approximate surface area is 147 Å². The van der Waals surface area contributed by atoms with Gasteiger partial charge >= 0.3 is 0 Å². The molecule has 5 nitrogen and oxygen atoms in total. The van der Waals surface area contributed by atoms with Crippen LogP contribution in [0.5, 0.6) is 0 Å². The van der Waals surface area contributed by atoms with Crippen LogP contribution < -0.4 is 4.90 Å². The van der Waals surface area contributed by atoms with E-state index in [9.17, 15) is 0 Å². The summed E-state index contributed by atoms with van der Waals surface area (Å²) < 4.78 is 0. The predicted octanol–water partition coefficient (Wildman–Crippen LogP) is 2.83. The monoisotopic (exact) mass is 333 g/mol. The van der Waals surface area contributed by atoms with Crippen LogP contribution in [0.25, 0.3) is 11.0 Å². The summed E-state index contributed by atoms with van der Waals surface area (Å²) in [4.78, 5) is 17.5. The van der Waals surface area contributed by atoms with Crippen molar-refractivity contribution in [2.45, 2.75) is 13.5 Å². The van der Waals surface area contributed by atoms with Crippen molar-refractivity contribution in [2.75, 3.05) is 31.1 Å². The van der Waals surface area contributed by atoms with E-state index in [4.69, 9.17) is 0 Å². The Balaban J connectivity index is 1.30. The highest BCUT2D eigenvalue weighted by atomic mass is 15.3. The van der Waals surface area contributed by atoms with Crippen molar-refractivity contribution in [1.29, 1.82) is 0 Å². The van der Waals surface area contributed by atoms with Crippen molar-refractivity contribution >= 4 is 16.9 Å². The second-order valence-electron chi connectivity index (χ2n) is 7.51. The molecule has 2 aliphatic heterocycles. The van der Waals surface area contributed by atoms with Gasteiger partial charge in [0.1, 0.15) is 11.8 Å². The number of aromatic nitrogens is 3. The molecular weight excluding hydrogens is 310 g/mol. The molecule has 2 saturated heterocycles. The molecule has 2 aromatic heterocycles. The zero-order valence-electron chi connectivity index (χ0n) is 14.5. The molecule has 0 saturated carbocycles. The lowest BCUT2D eigenvalue weighted by molar-refractivity contribution is 0.309. The summed E-state index contributed by atoms with van der Waals surface area (Å²) in [7, 11) is 0. The van der Waals surface area contributed by atoms with Crippen molar-refractivity contribution in [3.63, 3.8) is 0 Å². The van der Waals surface area contributed by atoms with Crippen molar-refractivity contribution in [3.05, 3.63) is 54.0 Å². The molecule has 25 heavy (non-hydrogen) atoms. The van der Waals surface area contributed by atoms with Crippen LogP contribution >= 0.6 is 0 Å². The molecular formula is C20H23N5. The number of rotatable bonds is 3. The molecule has 1 aromatic carbocycles. The van der Waals surface area contributed by atoms with Crippen LogP contribution in [0.2, 0.25) is 0 Å². The van der Waals surface area contributed by atoms with E-state index >= 15 is 0 Å². The summed E-state index contributed by atoms with van der Waals surface area (Å²) in [6, 6.07) is 12.9. The molecule has 2 aliphatic rings. The van der Waals surface area contributed by atoms with Crippen LogP contribution in [0.4, 0.5) is 5.82 Å². The highest BCUT2D eigenvalue weighted by Gasteiger charge is 2.40. The third-order valence-electron chi connectivity index (χ3n) is 5.64. The van der Waals surface area contributed by atoms with Gasteiger partial charge in [-0.3, -0.25) is 4.90 Å². The van der Waals surface area contributed by atoms with Gasteiger partial charge in [-0.15, -0.1) is 0 Å². The van der Waals surface area contributed by atoms with E-state index in [1.165, 1.54) is 18.7 Å². The Hall–Kier alpha value is -2.40. The fourth-order valence-corrected chi connectivity index (χ4v) is 4.53. The van der Waals surface area contributed by atoms with Crippen LogP contribution in [0.3, 0.4) is 0 Å². The lowest BCUT2D eigenvalue weighted by Gasteiger charge is -2.22. The van der Waals surface area contributed by atoms with Gasteiger partial charge < -0.3 is 9.88 Å². The molecule has 3 aromatic rings. The zero-order chi connectivity index (χ0) is 16.8.